The summed E-state index contributed by atoms with van der Waals surface area (Å²) < 4.78 is 10.0. The molecule has 30 heavy (non-hydrogen) atoms. The van der Waals surface area contributed by atoms with Gasteiger partial charge in [0, 0.05) is 11.8 Å². The Balaban J connectivity index is 1.49. The Kier molecular flexibility index (Phi) is 6.59. The van der Waals surface area contributed by atoms with Crippen LogP contribution < -0.4 is 15.4 Å². The monoisotopic (exact) mass is 417 g/mol. The van der Waals surface area contributed by atoms with Crippen molar-refractivity contribution >= 4 is 29.5 Å². The van der Waals surface area contributed by atoms with Crippen molar-refractivity contribution in [2.45, 2.75) is 44.6 Å². The van der Waals surface area contributed by atoms with Gasteiger partial charge in [-0.25, -0.2) is 4.79 Å². The Labute approximate surface area is 175 Å². The van der Waals surface area contributed by atoms with Gasteiger partial charge in [-0.2, -0.15) is 0 Å². The van der Waals surface area contributed by atoms with Gasteiger partial charge >= 0.3 is 12.0 Å². The average Bonchev–Trinajstić information content (AvgIpc) is 2.97. The molecular formula is C21H27N3O6. The third kappa shape index (κ3) is 4.72. The van der Waals surface area contributed by atoms with Crippen molar-refractivity contribution in [1.82, 2.24) is 10.2 Å². The first-order valence-electron chi connectivity index (χ1n) is 10.1. The highest BCUT2D eigenvalue weighted by atomic mass is 16.5. The molecular weight excluding hydrogens is 390 g/mol. The number of benzene rings is 1. The van der Waals surface area contributed by atoms with Crippen LogP contribution in [0, 0.1) is 5.92 Å². The number of carbonyl (C=O) groups is 4. The molecule has 0 aromatic heterocycles. The second-order valence-corrected chi connectivity index (χ2v) is 7.70. The number of imide groups is 1. The summed E-state index contributed by atoms with van der Waals surface area (Å²) in [6.07, 6.45) is 3.93. The molecule has 2 fully saturated rings. The summed E-state index contributed by atoms with van der Waals surface area (Å²) >= 11 is 0. The maximum Gasteiger partial charge on any atom is 0.326 e. The molecule has 1 spiro atoms. The summed E-state index contributed by atoms with van der Waals surface area (Å²) in [6.45, 7) is 1.07. The van der Waals surface area contributed by atoms with Crippen molar-refractivity contribution in [3.8, 4) is 5.75 Å². The van der Waals surface area contributed by atoms with E-state index in [2.05, 4.69) is 17.6 Å². The predicted octanol–water partition coefficient (Wildman–Crippen LogP) is 2.07. The summed E-state index contributed by atoms with van der Waals surface area (Å²) in [4.78, 5) is 50.1. The van der Waals surface area contributed by atoms with E-state index in [1.165, 1.54) is 7.11 Å². The molecule has 1 saturated heterocycles. The van der Waals surface area contributed by atoms with Gasteiger partial charge in [-0.1, -0.05) is 19.4 Å². The Hall–Kier alpha value is -3.10. The van der Waals surface area contributed by atoms with E-state index in [1.54, 1.807) is 24.3 Å². The van der Waals surface area contributed by atoms with Gasteiger partial charge in [0.05, 0.1) is 7.11 Å². The first-order valence-corrected chi connectivity index (χ1v) is 10.1. The van der Waals surface area contributed by atoms with Crippen molar-refractivity contribution in [3.63, 3.8) is 0 Å². The number of methoxy groups -OCH3 is 1. The minimum Gasteiger partial charge on any atom is -0.497 e. The van der Waals surface area contributed by atoms with Crippen LogP contribution in [0.4, 0.5) is 10.5 Å². The van der Waals surface area contributed by atoms with Gasteiger partial charge in [-0.15, -0.1) is 0 Å². The van der Waals surface area contributed by atoms with Crippen LogP contribution in [0.2, 0.25) is 0 Å². The number of ether oxygens (including phenoxy) is 2. The van der Waals surface area contributed by atoms with Crippen molar-refractivity contribution in [1.29, 1.82) is 0 Å². The molecule has 9 nitrogen and oxygen atoms in total. The molecule has 0 unspecified atom stereocenters. The van der Waals surface area contributed by atoms with Crippen molar-refractivity contribution in [3.05, 3.63) is 24.3 Å². The van der Waals surface area contributed by atoms with E-state index < -0.39 is 36.6 Å². The lowest BCUT2D eigenvalue weighted by molar-refractivity contribution is -0.150. The van der Waals surface area contributed by atoms with Gasteiger partial charge in [-0.3, -0.25) is 19.3 Å². The molecule has 4 amide bonds. The lowest BCUT2D eigenvalue weighted by Gasteiger charge is -2.34. The molecule has 0 atom stereocenters. The van der Waals surface area contributed by atoms with E-state index in [-0.39, 0.29) is 5.91 Å². The fraction of sp³-hybridized carbons (Fsp3) is 0.524. The van der Waals surface area contributed by atoms with Gasteiger partial charge in [0.2, 0.25) is 0 Å². The molecule has 1 heterocycles. The fourth-order valence-electron chi connectivity index (χ4n) is 3.96. The number of anilines is 1. The minimum absolute atomic E-state index is 0.389. The highest BCUT2D eigenvalue weighted by Gasteiger charge is 2.52. The van der Waals surface area contributed by atoms with E-state index in [4.69, 9.17) is 9.47 Å². The Morgan fingerprint density at radius 2 is 2.00 bits per heavy atom. The topological polar surface area (TPSA) is 114 Å². The lowest BCUT2D eigenvalue weighted by Crippen LogP contribution is -2.49. The SMILES string of the molecule is CCC1CCC2(CC1)NC(=O)N(CC(=O)OCC(=O)Nc1cccc(OC)c1)C2=O. The fourth-order valence-corrected chi connectivity index (χ4v) is 3.96. The molecule has 2 aliphatic rings. The number of esters is 1. The van der Waals surface area contributed by atoms with Crippen molar-refractivity contribution < 1.29 is 28.7 Å². The van der Waals surface area contributed by atoms with Crippen LogP contribution in [0.5, 0.6) is 5.75 Å². The highest BCUT2D eigenvalue weighted by Crippen LogP contribution is 2.37. The zero-order valence-corrected chi connectivity index (χ0v) is 17.2. The Bertz CT molecular complexity index is 832. The van der Waals surface area contributed by atoms with Crippen LogP contribution in [0.3, 0.4) is 0 Å². The van der Waals surface area contributed by atoms with Crippen LogP contribution in [-0.2, 0) is 19.1 Å². The summed E-state index contributed by atoms with van der Waals surface area (Å²) in [6, 6.07) is 6.15. The zero-order valence-electron chi connectivity index (χ0n) is 17.2. The highest BCUT2D eigenvalue weighted by molar-refractivity contribution is 6.08. The van der Waals surface area contributed by atoms with Crippen molar-refractivity contribution in [2.24, 2.45) is 5.92 Å². The molecule has 1 aromatic rings. The molecule has 1 aromatic carbocycles. The standard InChI is InChI=1S/C21H27N3O6/c1-3-14-7-9-21(10-8-14)19(27)24(20(28)23-21)12-18(26)30-13-17(25)22-15-5-4-6-16(11-15)29-2/h4-6,11,14H,3,7-10,12-13H2,1-2H3,(H,22,25)(H,23,28). The first kappa shape index (κ1) is 21.6. The number of rotatable bonds is 7. The summed E-state index contributed by atoms with van der Waals surface area (Å²) in [5.74, 6) is -0.616. The molecule has 9 heteroatoms. The summed E-state index contributed by atoms with van der Waals surface area (Å²) in [7, 11) is 1.51. The molecule has 1 saturated carbocycles. The Morgan fingerprint density at radius 3 is 2.67 bits per heavy atom. The largest absolute Gasteiger partial charge is 0.497 e. The van der Waals surface area contributed by atoms with Gasteiger partial charge in [0.15, 0.2) is 6.61 Å². The summed E-state index contributed by atoms with van der Waals surface area (Å²) in [5, 5.41) is 5.35. The molecule has 1 aliphatic heterocycles. The number of urea groups is 1. The third-order valence-corrected chi connectivity index (χ3v) is 5.79. The van der Waals surface area contributed by atoms with Crippen LogP contribution in [0.1, 0.15) is 39.0 Å². The molecule has 1 aliphatic carbocycles. The van der Waals surface area contributed by atoms with E-state index in [9.17, 15) is 19.2 Å². The number of amides is 4. The Morgan fingerprint density at radius 1 is 1.27 bits per heavy atom. The second-order valence-electron chi connectivity index (χ2n) is 7.70. The number of nitrogens with zero attached hydrogens (tertiary/aromatic N) is 1. The molecule has 0 radical (unpaired) electrons. The van der Waals surface area contributed by atoms with E-state index in [0.717, 1.165) is 24.2 Å². The van der Waals surface area contributed by atoms with Crippen LogP contribution in [0.25, 0.3) is 0 Å². The first-order chi connectivity index (χ1) is 14.4. The molecule has 0 bridgehead atoms. The number of hydrogen-bond acceptors (Lipinski definition) is 6. The molecule has 162 valence electrons. The molecule has 2 N–H and O–H groups in total. The van der Waals surface area contributed by atoms with Crippen LogP contribution in [-0.4, -0.2) is 54.5 Å². The van der Waals surface area contributed by atoms with Gasteiger partial charge < -0.3 is 20.1 Å². The average molecular weight is 417 g/mol. The van der Waals surface area contributed by atoms with E-state index in [0.29, 0.717) is 30.2 Å². The van der Waals surface area contributed by atoms with Crippen LogP contribution >= 0.6 is 0 Å². The normalized spacial score (nSPS) is 23.3. The maximum atomic E-state index is 12.8. The van der Waals surface area contributed by atoms with Gasteiger partial charge in [-0.05, 0) is 43.7 Å². The van der Waals surface area contributed by atoms with Crippen molar-refractivity contribution in [2.75, 3.05) is 25.6 Å². The third-order valence-electron chi connectivity index (χ3n) is 5.79. The lowest BCUT2D eigenvalue weighted by atomic mass is 9.75. The quantitative estimate of drug-likeness (QED) is 0.519. The number of carbonyl (C=O) groups excluding carboxylic acids is 4. The van der Waals surface area contributed by atoms with E-state index >= 15 is 0 Å². The maximum absolute atomic E-state index is 12.8. The second kappa shape index (κ2) is 9.15. The number of nitrogens with one attached hydrogen (secondary N) is 2. The van der Waals surface area contributed by atoms with Crippen LogP contribution in [0.15, 0.2) is 24.3 Å². The summed E-state index contributed by atoms with van der Waals surface area (Å²) in [5.41, 5.74) is -0.415. The smallest absolute Gasteiger partial charge is 0.326 e. The molecule has 3 rings (SSSR count). The predicted molar refractivity (Wildman–Crippen MR) is 108 cm³/mol. The van der Waals surface area contributed by atoms with E-state index in [1.807, 2.05) is 0 Å². The van der Waals surface area contributed by atoms with Gasteiger partial charge in [0.1, 0.15) is 17.8 Å². The number of hydrogen-bond donors (Lipinski definition) is 2. The minimum atomic E-state index is -0.910. The van der Waals surface area contributed by atoms with Gasteiger partial charge in [0.25, 0.3) is 11.8 Å². The zero-order chi connectivity index (χ0) is 21.7.